The van der Waals surface area contributed by atoms with Crippen molar-refractivity contribution in [3.63, 3.8) is 0 Å². The van der Waals surface area contributed by atoms with E-state index in [1.165, 1.54) is 27.2 Å². The second kappa shape index (κ2) is 7.24. The van der Waals surface area contributed by atoms with Gasteiger partial charge in [-0.3, -0.25) is 4.79 Å². The maximum atomic E-state index is 12.9. The smallest absolute Gasteiger partial charge is 0.255 e. The molecule has 0 N–H and O–H groups in total. The lowest BCUT2D eigenvalue weighted by atomic mass is 9.95. The average molecular weight is 431 g/mol. The fourth-order valence-electron chi connectivity index (χ4n) is 3.54. The molecule has 4 rings (SSSR count). The van der Waals surface area contributed by atoms with Gasteiger partial charge in [0.25, 0.3) is 15.9 Å². The Hall–Kier alpha value is -0.930. The molecule has 26 heavy (non-hydrogen) atoms. The fourth-order valence-corrected chi connectivity index (χ4v) is 7.72. The molecule has 2 aliphatic rings. The van der Waals surface area contributed by atoms with Crippen molar-refractivity contribution in [2.75, 3.05) is 26.2 Å². The van der Waals surface area contributed by atoms with E-state index in [2.05, 4.69) is 0 Å². The number of hydrogen-bond acceptors (Lipinski definition) is 5. The molecule has 3 heterocycles. The Kier molecular flexibility index (Phi) is 5.13. The highest BCUT2D eigenvalue weighted by Gasteiger charge is 2.32. The van der Waals surface area contributed by atoms with Gasteiger partial charge in [0, 0.05) is 36.4 Å². The number of aryl methyl sites for hydroxylation is 1. The number of carbonyl (C=O) groups is 1. The number of piperazine rings is 1. The van der Waals surface area contributed by atoms with Gasteiger partial charge in [-0.15, -0.1) is 22.7 Å². The van der Waals surface area contributed by atoms with Crippen LogP contribution in [0.1, 0.15) is 33.6 Å². The quantitative estimate of drug-likeness (QED) is 0.748. The monoisotopic (exact) mass is 430 g/mol. The topological polar surface area (TPSA) is 57.7 Å². The molecule has 140 valence electrons. The number of hydrogen-bond donors (Lipinski definition) is 0. The van der Waals surface area contributed by atoms with Gasteiger partial charge in [0.2, 0.25) is 0 Å². The summed E-state index contributed by atoms with van der Waals surface area (Å²) in [5.41, 5.74) is 2.04. The van der Waals surface area contributed by atoms with Crippen molar-refractivity contribution in [2.24, 2.45) is 0 Å². The van der Waals surface area contributed by atoms with Gasteiger partial charge in [0.1, 0.15) is 4.21 Å². The minimum Gasteiger partial charge on any atom is -0.336 e. The van der Waals surface area contributed by atoms with E-state index in [0.29, 0.717) is 30.5 Å². The molecule has 5 nitrogen and oxygen atoms in total. The Balaban J connectivity index is 1.45. The first-order valence-corrected chi connectivity index (χ1v) is 12.1. The summed E-state index contributed by atoms with van der Waals surface area (Å²) >= 11 is 8.62. The Morgan fingerprint density at radius 1 is 1.08 bits per heavy atom. The van der Waals surface area contributed by atoms with Crippen LogP contribution < -0.4 is 0 Å². The molecule has 2 aromatic rings. The van der Waals surface area contributed by atoms with E-state index in [9.17, 15) is 13.2 Å². The molecule has 1 saturated heterocycles. The third-order valence-electron chi connectivity index (χ3n) is 4.96. The van der Waals surface area contributed by atoms with Crippen LogP contribution in [-0.4, -0.2) is 49.7 Å². The van der Waals surface area contributed by atoms with Gasteiger partial charge in [-0.05, 0) is 43.4 Å². The van der Waals surface area contributed by atoms with Crippen LogP contribution in [0.15, 0.2) is 21.7 Å². The summed E-state index contributed by atoms with van der Waals surface area (Å²) in [5, 5.41) is 1.98. The molecule has 0 atom stereocenters. The van der Waals surface area contributed by atoms with Crippen LogP contribution in [0.25, 0.3) is 0 Å². The van der Waals surface area contributed by atoms with Crippen LogP contribution >= 0.6 is 34.3 Å². The number of amides is 1. The SMILES string of the molecule is O=C(c1csc2c1CCCC2)N1CCN(S(=O)(=O)c2ccc(Cl)s2)CC1. The zero-order valence-corrected chi connectivity index (χ0v) is 17.3. The van der Waals surface area contributed by atoms with Crippen molar-refractivity contribution in [3.05, 3.63) is 37.9 Å². The number of carbonyl (C=O) groups excluding carboxylic acids is 1. The van der Waals surface area contributed by atoms with Gasteiger partial charge < -0.3 is 4.90 Å². The molecule has 0 spiro atoms. The highest BCUT2D eigenvalue weighted by Crippen LogP contribution is 2.32. The minimum absolute atomic E-state index is 0.0422. The summed E-state index contributed by atoms with van der Waals surface area (Å²) in [6, 6.07) is 3.14. The molecule has 0 radical (unpaired) electrons. The molecule has 0 saturated carbocycles. The molecule has 9 heteroatoms. The third kappa shape index (κ3) is 3.33. The minimum atomic E-state index is -3.53. The predicted molar refractivity (Wildman–Crippen MR) is 105 cm³/mol. The van der Waals surface area contributed by atoms with Crippen LogP contribution in [0, 0.1) is 0 Å². The molecular formula is C17H19ClN2O3S3. The van der Waals surface area contributed by atoms with E-state index < -0.39 is 10.0 Å². The van der Waals surface area contributed by atoms with Gasteiger partial charge in [-0.25, -0.2) is 8.42 Å². The molecule has 1 amide bonds. The Labute approximate surface area is 166 Å². The van der Waals surface area contributed by atoms with Gasteiger partial charge in [0.15, 0.2) is 0 Å². The van der Waals surface area contributed by atoms with Crippen LogP contribution in [0.3, 0.4) is 0 Å². The number of rotatable bonds is 3. The summed E-state index contributed by atoms with van der Waals surface area (Å²) in [6.45, 7) is 1.47. The van der Waals surface area contributed by atoms with Crippen molar-refractivity contribution in [2.45, 2.75) is 29.9 Å². The first kappa shape index (κ1) is 18.4. The normalized spacial score (nSPS) is 18.7. The van der Waals surface area contributed by atoms with E-state index in [1.807, 2.05) is 5.38 Å². The van der Waals surface area contributed by atoms with Crippen molar-refractivity contribution in [1.29, 1.82) is 0 Å². The summed E-state index contributed by atoms with van der Waals surface area (Å²) in [4.78, 5) is 16.0. The van der Waals surface area contributed by atoms with E-state index in [0.717, 1.165) is 36.2 Å². The summed E-state index contributed by atoms with van der Waals surface area (Å²) in [7, 11) is -3.53. The zero-order chi connectivity index (χ0) is 18.3. The fraction of sp³-hybridized carbons (Fsp3) is 0.471. The van der Waals surface area contributed by atoms with E-state index >= 15 is 0 Å². The second-order valence-corrected chi connectivity index (χ2v) is 11.4. The summed E-state index contributed by atoms with van der Waals surface area (Å²) < 4.78 is 27.5. The predicted octanol–water partition coefficient (Wildman–Crippen LogP) is 3.49. The van der Waals surface area contributed by atoms with Crippen LogP contribution in [0.5, 0.6) is 0 Å². The van der Waals surface area contributed by atoms with Gasteiger partial charge in [-0.2, -0.15) is 4.31 Å². The van der Waals surface area contributed by atoms with E-state index in [4.69, 9.17) is 11.6 Å². The number of halogens is 1. The maximum absolute atomic E-state index is 12.9. The lowest BCUT2D eigenvalue weighted by Crippen LogP contribution is -2.50. The molecular weight excluding hydrogens is 412 g/mol. The lowest BCUT2D eigenvalue weighted by Gasteiger charge is -2.34. The molecule has 1 fully saturated rings. The number of nitrogens with zero attached hydrogens (tertiary/aromatic N) is 2. The van der Waals surface area contributed by atoms with Crippen molar-refractivity contribution < 1.29 is 13.2 Å². The largest absolute Gasteiger partial charge is 0.336 e. The summed E-state index contributed by atoms with van der Waals surface area (Å²) in [6.07, 6.45) is 4.39. The Bertz CT molecular complexity index is 927. The van der Waals surface area contributed by atoms with Gasteiger partial charge in [0.05, 0.1) is 9.90 Å². The standard InChI is InChI=1S/C17H19ClN2O3S3/c18-15-5-6-16(25-15)26(22,23)20-9-7-19(8-10-20)17(21)13-11-24-14-4-2-1-3-12(13)14/h5-6,11H,1-4,7-10H2. The molecule has 0 unspecified atom stereocenters. The lowest BCUT2D eigenvalue weighted by molar-refractivity contribution is 0.0697. The number of fused-ring (bicyclic) bond motifs is 1. The molecule has 0 bridgehead atoms. The highest BCUT2D eigenvalue weighted by molar-refractivity contribution is 7.91. The first-order chi connectivity index (χ1) is 12.5. The molecule has 1 aliphatic heterocycles. The van der Waals surface area contributed by atoms with E-state index in [-0.39, 0.29) is 10.1 Å². The highest BCUT2D eigenvalue weighted by atomic mass is 35.5. The zero-order valence-electron chi connectivity index (χ0n) is 14.1. The van der Waals surface area contributed by atoms with E-state index in [1.54, 1.807) is 22.3 Å². The van der Waals surface area contributed by atoms with Crippen molar-refractivity contribution in [1.82, 2.24) is 9.21 Å². The third-order valence-corrected chi connectivity index (χ3v) is 9.65. The van der Waals surface area contributed by atoms with Gasteiger partial charge >= 0.3 is 0 Å². The maximum Gasteiger partial charge on any atom is 0.255 e. The number of sulfonamides is 1. The summed E-state index contributed by atoms with van der Waals surface area (Å²) in [5.74, 6) is 0.0422. The van der Waals surface area contributed by atoms with Crippen molar-refractivity contribution >= 4 is 50.2 Å². The second-order valence-electron chi connectivity index (χ2n) is 6.51. The number of thiophene rings is 2. The van der Waals surface area contributed by atoms with Crippen LogP contribution in [0.2, 0.25) is 4.34 Å². The van der Waals surface area contributed by atoms with Crippen LogP contribution in [0.4, 0.5) is 0 Å². The molecule has 1 aliphatic carbocycles. The van der Waals surface area contributed by atoms with Gasteiger partial charge in [-0.1, -0.05) is 11.6 Å². The Morgan fingerprint density at radius 2 is 1.81 bits per heavy atom. The molecule has 0 aromatic carbocycles. The first-order valence-electron chi connectivity index (χ1n) is 8.61. The Morgan fingerprint density at radius 3 is 2.50 bits per heavy atom. The van der Waals surface area contributed by atoms with Crippen molar-refractivity contribution in [3.8, 4) is 0 Å². The molecule has 2 aromatic heterocycles. The van der Waals surface area contributed by atoms with Crippen LogP contribution in [-0.2, 0) is 22.9 Å². The average Bonchev–Trinajstić information content (AvgIpc) is 3.28.